The minimum absolute atomic E-state index is 0.247. The van der Waals surface area contributed by atoms with Crippen LogP contribution in [0, 0.1) is 0 Å². The summed E-state index contributed by atoms with van der Waals surface area (Å²) in [7, 11) is 0. The molecule has 0 amide bonds. The standard InChI is InChI=1S/C19H23N5O/c1-2-23-14-17-16(18(23)25)12-20-19(21-17)24-10-8-22(9-11-24)13-15-6-4-3-5-7-15/h3-7,12,14,25H,2,8-11,13H2,1H3. The number of aryl methyl sites for hydroxylation is 1. The Hall–Kier alpha value is -2.60. The van der Waals surface area contributed by atoms with Crippen molar-refractivity contribution < 1.29 is 5.11 Å². The summed E-state index contributed by atoms with van der Waals surface area (Å²) in [6, 6.07) is 10.6. The molecule has 4 rings (SSSR count). The van der Waals surface area contributed by atoms with Gasteiger partial charge in [-0.05, 0) is 12.5 Å². The summed E-state index contributed by atoms with van der Waals surface area (Å²) in [5, 5.41) is 10.8. The summed E-state index contributed by atoms with van der Waals surface area (Å²) < 4.78 is 1.79. The highest BCUT2D eigenvalue weighted by Crippen LogP contribution is 2.26. The lowest BCUT2D eigenvalue weighted by atomic mass is 10.2. The monoisotopic (exact) mass is 337 g/mol. The number of hydrogen-bond donors (Lipinski definition) is 1. The van der Waals surface area contributed by atoms with Crippen LogP contribution in [0.2, 0.25) is 0 Å². The van der Waals surface area contributed by atoms with Crippen molar-refractivity contribution in [2.75, 3.05) is 31.1 Å². The molecule has 2 aromatic heterocycles. The van der Waals surface area contributed by atoms with E-state index >= 15 is 0 Å². The first kappa shape index (κ1) is 15.9. The number of benzene rings is 1. The van der Waals surface area contributed by atoms with Crippen LogP contribution >= 0.6 is 0 Å². The van der Waals surface area contributed by atoms with Gasteiger partial charge < -0.3 is 14.6 Å². The lowest BCUT2D eigenvalue weighted by Crippen LogP contribution is -2.46. The molecule has 1 saturated heterocycles. The van der Waals surface area contributed by atoms with Crippen molar-refractivity contribution in [3.05, 3.63) is 48.3 Å². The Morgan fingerprint density at radius 2 is 1.84 bits per heavy atom. The smallest absolute Gasteiger partial charge is 0.226 e. The van der Waals surface area contributed by atoms with Crippen LogP contribution in [0.4, 0.5) is 5.95 Å². The molecule has 1 fully saturated rings. The van der Waals surface area contributed by atoms with Gasteiger partial charge in [-0.2, -0.15) is 0 Å². The zero-order chi connectivity index (χ0) is 17.2. The van der Waals surface area contributed by atoms with Crippen LogP contribution in [0.5, 0.6) is 5.88 Å². The van der Waals surface area contributed by atoms with E-state index in [4.69, 9.17) is 0 Å². The predicted molar refractivity (Wildman–Crippen MR) is 98.8 cm³/mol. The van der Waals surface area contributed by atoms with Gasteiger partial charge in [0, 0.05) is 51.7 Å². The van der Waals surface area contributed by atoms with E-state index in [1.54, 1.807) is 10.8 Å². The van der Waals surface area contributed by atoms with E-state index in [1.807, 2.05) is 13.1 Å². The van der Waals surface area contributed by atoms with E-state index in [-0.39, 0.29) is 5.88 Å². The zero-order valence-electron chi connectivity index (χ0n) is 14.5. The van der Waals surface area contributed by atoms with Gasteiger partial charge >= 0.3 is 0 Å². The van der Waals surface area contributed by atoms with Gasteiger partial charge in [0.25, 0.3) is 0 Å². The van der Waals surface area contributed by atoms with Gasteiger partial charge in [-0.1, -0.05) is 30.3 Å². The molecule has 1 N–H and O–H groups in total. The first-order valence-corrected chi connectivity index (χ1v) is 8.80. The molecule has 0 aliphatic carbocycles. The van der Waals surface area contributed by atoms with Crippen LogP contribution in [0.25, 0.3) is 10.9 Å². The van der Waals surface area contributed by atoms with Crippen molar-refractivity contribution in [3.8, 4) is 5.88 Å². The quantitative estimate of drug-likeness (QED) is 0.793. The van der Waals surface area contributed by atoms with E-state index in [2.05, 4.69) is 50.1 Å². The molecule has 1 aromatic carbocycles. The molecule has 6 nitrogen and oxygen atoms in total. The van der Waals surface area contributed by atoms with Crippen LogP contribution in [-0.4, -0.2) is 50.7 Å². The molecular formula is C19H23N5O. The maximum absolute atomic E-state index is 10.1. The lowest BCUT2D eigenvalue weighted by molar-refractivity contribution is 0.249. The van der Waals surface area contributed by atoms with Crippen LogP contribution in [0.15, 0.2) is 42.7 Å². The third kappa shape index (κ3) is 3.17. The van der Waals surface area contributed by atoms with E-state index in [0.29, 0.717) is 5.39 Å². The van der Waals surface area contributed by atoms with Crippen molar-refractivity contribution >= 4 is 16.9 Å². The second-order valence-electron chi connectivity index (χ2n) is 6.46. The van der Waals surface area contributed by atoms with Crippen molar-refractivity contribution in [3.63, 3.8) is 0 Å². The van der Waals surface area contributed by atoms with E-state index in [0.717, 1.165) is 50.7 Å². The highest BCUT2D eigenvalue weighted by atomic mass is 16.3. The van der Waals surface area contributed by atoms with Gasteiger partial charge in [0.15, 0.2) is 0 Å². The first-order valence-electron chi connectivity index (χ1n) is 8.80. The molecule has 3 aromatic rings. The van der Waals surface area contributed by atoms with E-state index < -0.39 is 0 Å². The molecule has 130 valence electrons. The number of fused-ring (bicyclic) bond motifs is 1. The third-order valence-electron chi connectivity index (χ3n) is 4.84. The Balaban J connectivity index is 1.44. The molecule has 0 spiro atoms. The maximum Gasteiger partial charge on any atom is 0.226 e. The molecule has 0 atom stereocenters. The minimum Gasteiger partial charge on any atom is -0.494 e. The SMILES string of the molecule is CCn1cc2nc(N3CCN(Cc4ccccc4)CC3)ncc2c1O. The highest BCUT2D eigenvalue weighted by Gasteiger charge is 2.20. The van der Waals surface area contributed by atoms with Gasteiger partial charge in [0.1, 0.15) is 0 Å². The Labute approximate surface area is 147 Å². The second kappa shape index (κ2) is 6.72. The molecule has 1 aliphatic rings. The average molecular weight is 337 g/mol. The zero-order valence-corrected chi connectivity index (χ0v) is 14.5. The van der Waals surface area contributed by atoms with Gasteiger partial charge in [0.2, 0.25) is 11.8 Å². The number of rotatable bonds is 4. The molecule has 0 bridgehead atoms. The maximum atomic E-state index is 10.1. The minimum atomic E-state index is 0.247. The largest absolute Gasteiger partial charge is 0.494 e. The van der Waals surface area contributed by atoms with Crippen molar-refractivity contribution in [2.24, 2.45) is 0 Å². The molecule has 0 saturated carbocycles. The molecule has 0 unspecified atom stereocenters. The number of hydrogen-bond acceptors (Lipinski definition) is 5. The number of nitrogens with zero attached hydrogens (tertiary/aromatic N) is 5. The van der Waals surface area contributed by atoms with Crippen LogP contribution < -0.4 is 4.90 Å². The molecule has 6 heteroatoms. The number of piperazine rings is 1. The molecule has 1 aliphatic heterocycles. The van der Waals surface area contributed by atoms with Crippen LogP contribution in [0.1, 0.15) is 12.5 Å². The summed E-state index contributed by atoms with van der Waals surface area (Å²) >= 11 is 0. The van der Waals surface area contributed by atoms with Gasteiger partial charge in [-0.15, -0.1) is 0 Å². The van der Waals surface area contributed by atoms with Crippen molar-refractivity contribution in [1.29, 1.82) is 0 Å². The first-order chi connectivity index (χ1) is 12.2. The number of aromatic hydroxyl groups is 1. The van der Waals surface area contributed by atoms with Gasteiger partial charge in [-0.25, -0.2) is 9.97 Å². The Morgan fingerprint density at radius 1 is 1.08 bits per heavy atom. The highest BCUT2D eigenvalue weighted by molar-refractivity contribution is 5.84. The summed E-state index contributed by atoms with van der Waals surface area (Å²) in [6.45, 7) is 7.53. The number of anilines is 1. The average Bonchev–Trinajstić information content (AvgIpc) is 2.98. The third-order valence-corrected chi connectivity index (χ3v) is 4.84. The predicted octanol–water partition coefficient (Wildman–Crippen LogP) is 2.48. The van der Waals surface area contributed by atoms with E-state index in [9.17, 15) is 5.11 Å². The summed E-state index contributed by atoms with van der Waals surface area (Å²) in [6.07, 6.45) is 3.62. The molecule has 25 heavy (non-hydrogen) atoms. The number of aromatic nitrogens is 3. The van der Waals surface area contributed by atoms with Gasteiger partial charge in [0.05, 0.1) is 10.9 Å². The summed E-state index contributed by atoms with van der Waals surface area (Å²) in [5.74, 6) is 0.997. The lowest BCUT2D eigenvalue weighted by Gasteiger charge is -2.34. The fraction of sp³-hybridized carbons (Fsp3) is 0.368. The normalized spacial score (nSPS) is 15.8. The summed E-state index contributed by atoms with van der Waals surface area (Å²) in [5.41, 5.74) is 2.15. The Morgan fingerprint density at radius 3 is 2.56 bits per heavy atom. The fourth-order valence-corrected chi connectivity index (χ4v) is 3.36. The molecule has 3 heterocycles. The van der Waals surface area contributed by atoms with Gasteiger partial charge in [-0.3, -0.25) is 4.90 Å². The van der Waals surface area contributed by atoms with Crippen molar-refractivity contribution in [2.45, 2.75) is 20.0 Å². The Bertz CT molecular complexity index is 853. The second-order valence-corrected chi connectivity index (χ2v) is 6.46. The van der Waals surface area contributed by atoms with Crippen LogP contribution in [-0.2, 0) is 13.1 Å². The van der Waals surface area contributed by atoms with Crippen molar-refractivity contribution in [1.82, 2.24) is 19.4 Å². The molecular weight excluding hydrogens is 314 g/mol. The fourth-order valence-electron chi connectivity index (χ4n) is 3.36. The summed E-state index contributed by atoms with van der Waals surface area (Å²) in [4.78, 5) is 13.8. The Kier molecular flexibility index (Phi) is 4.28. The van der Waals surface area contributed by atoms with E-state index in [1.165, 1.54) is 5.56 Å². The van der Waals surface area contributed by atoms with Crippen LogP contribution in [0.3, 0.4) is 0 Å². The molecule has 0 radical (unpaired) electrons. The topological polar surface area (TPSA) is 57.4 Å².